The molecule has 0 amide bonds. The summed E-state index contributed by atoms with van der Waals surface area (Å²) in [6.07, 6.45) is 6.87. The Bertz CT molecular complexity index is 114. The van der Waals surface area contributed by atoms with Crippen LogP contribution in [0.15, 0.2) is 11.1 Å². The van der Waals surface area contributed by atoms with Gasteiger partial charge in [0.25, 0.3) is 0 Å². The highest BCUT2D eigenvalue weighted by molar-refractivity contribution is 5.23. The summed E-state index contributed by atoms with van der Waals surface area (Å²) in [5.41, 5.74) is 3.42. The van der Waals surface area contributed by atoms with Crippen LogP contribution >= 0.6 is 0 Å². The number of allylic oxidation sites excluding steroid dienone is 2. The summed E-state index contributed by atoms with van der Waals surface area (Å²) in [5.74, 6) is 0. The van der Waals surface area contributed by atoms with Gasteiger partial charge in [-0.05, 0) is 32.6 Å². The Morgan fingerprint density at radius 1 is 1.44 bits per heavy atom. The molecule has 0 aromatic carbocycles. The summed E-state index contributed by atoms with van der Waals surface area (Å²) in [6, 6.07) is 0. The van der Waals surface area contributed by atoms with Crippen molar-refractivity contribution in [2.45, 2.75) is 46.0 Å². The van der Waals surface area contributed by atoms with E-state index in [2.05, 4.69) is 13.8 Å². The molecule has 0 heteroatoms. The zero-order valence-electron chi connectivity index (χ0n) is 6.54. The second-order valence-corrected chi connectivity index (χ2v) is 2.99. The van der Waals surface area contributed by atoms with E-state index in [9.17, 15) is 0 Å². The predicted molar refractivity (Wildman–Crippen MR) is 41.5 cm³/mol. The molecule has 9 heavy (non-hydrogen) atoms. The lowest BCUT2D eigenvalue weighted by atomic mass is 10.1. The summed E-state index contributed by atoms with van der Waals surface area (Å²) >= 11 is 0. The molecule has 0 atom stereocenters. The molecule has 52 valence electrons. The minimum absolute atomic E-state index is 1.34. The van der Waals surface area contributed by atoms with Gasteiger partial charge in [0, 0.05) is 0 Å². The van der Waals surface area contributed by atoms with Crippen molar-refractivity contribution in [2.75, 3.05) is 0 Å². The molecule has 0 nitrogen and oxygen atoms in total. The average molecular weight is 124 g/mol. The summed E-state index contributed by atoms with van der Waals surface area (Å²) in [7, 11) is 0. The molecule has 0 N–H and O–H groups in total. The van der Waals surface area contributed by atoms with Gasteiger partial charge in [0.1, 0.15) is 0 Å². The highest BCUT2D eigenvalue weighted by Gasteiger charge is 2.13. The van der Waals surface area contributed by atoms with Crippen LogP contribution in [0.25, 0.3) is 0 Å². The molecule has 0 aliphatic heterocycles. The molecule has 0 aromatic rings. The Balaban J connectivity index is 2.18. The number of rotatable bonds is 3. The van der Waals surface area contributed by atoms with Crippen molar-refractivity contribution < 1.29 is 0 Å². The third-order valence-corrected chi connectivity index (χ3v) is 2.01. The van der Waals surface area contributed by atoms with Gasteiger partial charge in [-0.2, -0.15) is 0 Å². The lowest BCUT2D eigenvalue weighted by Gasteiger charge is -1.95. The van der Waals surface area contributed by atoms with Crippen LogP contribution in [0.5, 0.6) is 0 Å². The van der Waals surface area contributed by atoms with Crippen molar-refractivity contribution in [2.24, 2.45) is 0 Å². The van der Waals surface area contributed by atoms with E-state index in [1.165, 1.54) is 32.1 Å². The maximum absolute atomic E-state index is 2.29. The van der Waals surface area contributed by atoms with Crippen LogP contribution in [0.3, 0.4) is 0 Å². The van der Waals surface area contributed by atoms with Crippen LogP contribution < -0.4 is 0 Å². The fourth-order valence-electron chi connectivity index (χ4n) is 1.11. The molecule has 1 rings (SSSR count). The van der Waals surface area contributed by atoms with Gasteiger partial charge in [0.15, 0.2) is 0 Å². The van der Waals surface area contributed by atoms with Crippen LogP contribution in [-0.2, 0) is 0 Å². The Morgan fingerprint density at radius 2 is 2.11 bits per heavy atom. The maximum Gasteiger partial charge on any atom is -0.0280 e. The highest BCUT2D eigenvalue weighted by Crippen LogP contribution is 2.33. The first-order valence-corrected chi connectivity index (χ1v) is 4.02. The van der Waals surface area contributed by atoms with E-state index in [0.29, 0.717) is 0 Å². The summed E-state index contributed by atoms with van der Waals surface area (Å²) in [6.45, 7) is 4.54. The van der Waals surface area contributed by atoms with E-state index in [1.807, 2.05) is 0 Å². The van der Waals surface area contributed by atoms with Gasteiger partial charge in [-0.15, -0.1) is 0 Å². The molecule has 0 radical (unpaired) electrons. The summed E-state index contributed by atoms with van der Waals surface area (Å²) in [4.78, 5) is 0. The van der Waals surface area contributed by atoms with Gasteiger partial charge in [0.05, 0.1) is 0 Å². The number of unbranched alkanes of at least 4 members (excludes halogenated alkanes) is 1. The highest BCUT2D eigenvalue weighted by atomic mass is 14.2. The molecule has 0 heterocycles. The Hall–Kier alpha value is -0.260. The second-order valence-electron chi connectivity index (χ2n) is 2.99. The molecule has 0 bridgehead atoms. The Morgan fingerprint density at radius 3 is 2.56 bits per heavy atom. The molecule has 0 unspecified atom stereocenters. The van der Waals surface area contributed by atoms with Crippen molar-refractivity contribution in [1.29, 1.82) is 0 Å². The lowest BCUT2D eigenvalue weighted by molar-refractivity contribution is 0.785. The van der Waals surface area contributed by atoms with Crippen molar-refractivity contribution in [3.05, 3.63) is 11.1 Å². The largest absolute Gasteiger partial charge is 0.0741 e. The standard InChI is InChI=1S/C9H16/c1-3-4-5-8(2)9-6-7-9/h3-7H2,1-2H3. The van der Waals surface area contributed by atoms with Crippen LogP contribution in [0.4, 0.5) is 0 Å². The summed E-state index contributed by atoms with van der Waals surface area (Å²) < 4.78 is 0. The average Bonchev–Trinajstić information content (AvgIpc) is 2.63. The number of hydrogen-bond acceptors (Lipinski definition) is 0. The van der Waals surface area contributed by atoms with Crippen molar-refractivity contribution in [3.8, 4) is 0 Å². The third-order valence-electron chi connectivity index (χ3n) is 2.01. The van der Waals surface area contributed by atoms with Crippen molar-refractivity contribution in [3.63, 3.8) is 0 Å². The smallest absolute Gasteiger partial charge is 0.0280 e. The van der Waals surface area contributed by atoms with Crippen LogP contribution in [0.2, 0.25) is 0 Å². The van der Waals surface area contributed by atoms with Gasteiger partial charge < -0.3 is 0 Å². The quantitative estimate of drug-likeness (QED) is 0.506. The first-order valence-electron chi connectivity index (χ1n) is 4.02. The minimum atomic E-state index is 1.34. The van der Waals surface area contributed by atoms with Gasteiger partial charge in [0.2, 0.25) is 0 Å². The molecule has 0 saturated heterocycles. The molecular weight excluding hydrogens is 108 g/mol. The molecular formula is C9H16. The fourth-order valence-corrected chi connectivity index (χ4v) is 1.11. The fraction of sp³-hybridized carbons (Fsp3) is 0.778. The van der Waals surface area contributed by atoms with Gasteiger partial charge in [-0.1, -0.05) is 24.5 Å². The van der Waals surface area contributed by atoms with Gasteiger partial charge >= 0.3 is 0 Å². The summed E-state index contributed by atoms with van der Waals surface area (Å²) in [5, 5.41) is 0. The van der Waals surface area contributed by atoms with E-state index in [-0.39, 0.29) is 0 Å². The Kier molecular flexibility index (Phi) is 2.32. The molecule has 0 aromatic heterocycles. The SMILES string of the molecule is CCCCC(C)=C1CC1. The van der Waals surface area contributed by atoms with E-state index in [1.54, 1.807) is 11.1 Å². The number of hydrogen-bond donors (Lipinski definition) is 0. The molecule has 1 fully saturated rings. The monoisotopic (exact) mass is 124 g/mol. The third kappa shape index (κ3) is 2.21. The van der Waals surface area contributed by atoms with Gasteiger partial charge in [-0.3, -0.25) is 0 Å². The normalized spacial score (nSPS) is 16.0. The van der Waals surface area contributed by atoms with E-state index >= 15 is 0 Å². The van der Waals surface area contributed by atoms with Gasteiger partial charge in [-0.25, -0.2) is 0 Å². The lowest BCUT2D eigenvalue weighted by Crippen LogP contribution is -1.75. The molecule has 1 aliphatic carbocycles. The molecule has 0 spiro atoms. The van der Waals surface area contributed by atoms with E-state index < -0.39 is 0 Å². The Labute approximate surface area is 58.0 Å². The topological polar surface area (TPSA) is 0 Å². The zero-order chi connectivity index (χ0) is 6.69. The molecule has 1 aliphatic rings. The minimum Gasteiger partial charge on any atom is -0.0741 e. The van der Waals surface area contributed by atoms with Crippen LogP contribution in [-0.4, -0.2) is 0 Å². The van der Waals surface area contributed by atoms with Crippen molar-refractivity contribution >= 4 is 0 Å². The van der Waals surface area contributed by atoms with Crippen molar-refractivity contribution in [1.82, 2.24) is 0 Å². The van der Waals surface area contributed by atoms with E-state index in [4.69, 9.17) is 0 Å². The maximum atomic E-state index is 2.29. The zero-order valence-corrected chi connectivity index (χ0v) is 6.54. The molecule has 1 saturated carbocycles. The van der Waals surface area contributed by atoms with Crippen LogP contribution in [0.1, 0.15) is 46.0 Å². The predicted octanol–water partition coefficient (Wildman–Crippen LogP) is 3.29. The second kappa shape index (κ2) is 3.05. The first kappa shape index (κ1) is 6.85. The van der Waals surface area contributed by atoms with Crippen LogP contribution in [0, 0.1) is 0 Å². The first-order chi connectivity index (χ1) is 4.34. The van der Waals surface area contributed by atoms with E-state index in [0.717, 1.165) is 0 Å².